The summed E-state index contributed by atoms with van der Waals surface area (Å²) in [7, 11) is 0. The van der Waals surface area contributed by atoms with Crippen LogP contribution in [0.1, 0.15) is 57.0 Å². The maximum Gasteiger partial charge on any atom is 0.306 e. The quantitative estimate of drug-likeness (QED) is 0.548. The third kappa shape index (κ3) is 6.32. The first-order valence-corrected chi connectivity index (χ1v) is 9.69. The lowest BCUT2D eigenvalue weighted by molar-refractivity contribution is -0.148. The van der Waals surface area contributed by atoms with E-state index >= 15 is 0 Å². The predicted octanol–water partition coefficient (Wildman–Crippen LogP) is 4.06. The van der Waals surface area contributed by atoms with E-state index < -0.39 is 5.97 Å². The molecule has 2 rings (SSSR count). The fourth-order valence-corrected chi connectivity index (χ4v) is 3.38. The molecular weight excluding hydrogens is 362 g/mol. The molecule has 0 unspecified atom stereocenters. The number of Topliss-reactive ketones (excluding diaryl/α,β-unsaturated/α-hetero) is 1. The molecule has 0 aliphatic heterocycles. The van der Waals surface area contributed by atoms with Crippen LogP contribution >= 0.6 is 11.3 Å². The van der Waals surface area contributed by atoms with Crippen LogP contribution in [0, 0.1) is 20.8 Å². The molecule has 6 heteroatoms. The largest absolute Gasteiger partial charge is 0.456 e. The lowest BCUT2D eigenvalue weighted by Gasteiger charge is -2.15. The molecule has 0 radical (unpaired) electrons. The fourth-order valence-electron chi connectivity index (χ4n) is 2.54. The Morgan fingerprint density at radius 2 is 1.78 bits per heavy atom. The molecule has 2 aromatic rings. The summed E-state index contributed by atoms with van der Waals surface area (Å²) in [6.45, 7) is 7.51. The maximum atomic E-state index is 12.0. The Bertz CT molecular complexity index is 840. The summed E-state index contributed by atoms with van der Waals surface area (Å²) < 4.78 is 4.98. The number of nitrogens with one attached hydrogen (secondary N) is 1. The van der Waals surface area contributed by atoms with Crippen LogP contribution in [0.4, 0.5) is 0 Å². The third-order valence-electron chi connectivity index (χ3n) is 4.34. The summed E-state index contributed by atoms with van der Waals surface area (Å²) in [4.78, 5) is 37.4. The first-order chi connectivity index (χ1) is 12.8. The molecule has 0 saturated carbocycles. The molecule has 27 heavy (non-hydrogen) atoms. The number of esters is 1. The zero-order chi connectivity index (χ0) is 20.0. The second-order valence-electron chi connectivity index (χ2n) is 6.63. The average Bonchev–Trinajstić information content (AvgIpc) is 3.06. The van der Waals surface area contributed by atoms with Gasteiger partial charge in [-0.2, -0.15) is 0 Å². The van der Waals surface area contributed by atoms with Crippen molar-refractivity contribution in [3.8, 4) is 0 Å². The highest BCUT2D eigenvalue weighted by molar-refractivity contribution is 7.14. The molecule has 1 N–H and O–H groups in total. The Morgan fingerprint density at radius 1 is 1.04 bits per heavy atom. The molecule has 1 aromatic carbocycles. The van der Waals surface area contributed by atoms with E-state index in [9.17, 15) is 14.4 Å². The molecule has 144 valence electrons. The van der Waals surface area contributed by atoms with Crippen molar-refractivity contribution in [1.82, 2.24) is 5.32 Å². The van der Waals surface area contributed by atoms with Crippen LogP contribution in [0.25, 0.3) is 0 Å². The summed E-state index contributed by atoms with van der Waals surface area (Å²) in [5.41, 5.74) is 3.35. The van der Waals surface area contributed by atoms with Gasteiger partial charge in [-0.3, -0.25) is 14.4 Å². The van der Waals surface area contributed by atoms with E-state index in [0.29, 0.717) is 4.88 Å². The molecule has 1 amide bonds. The molecule has 5 nitrogen and oxygen atoms in total. The topological polar surface area (TPSA) is 72.5 Å². The molecule has 1 atom stereocenters. The summed E-state index contributed by atoms with van der Waals surface area (Å²) >= 11 is 1.41. The van der Waals surface area contributed by atoms with E-state index in [1.54, 1.807) is 6.07 Å². The van der Waals surface area contributed by atoms with Crippen molar-refractivity contribution in [3.63, 3.8) is 0 Å². The second kappa shape index (κ2) is 9.46. The molecule has 1 aromatic heterocycles. The van der Waals surface area contributed by atoms with Crippen molar-refractivity contribution in [2.45, 2.75) is 46.6 Å². The number of thiophene rings is 1. The number of carbonyl (C=O) groups is 3. The number of benzene rings is 1. The summed E-state index contributed by atoms with van der Waals surface area (Å²) in [5, 5.41) is 2.81. The van der Waals surface area contributed by atoms with E-state index in [0.717, 1.165) is 16.0 Å². The molecule has 0 aliphatic carbocycles. The fraction of sp³-hybridized carbons (Fsp3) is 0.381. The van der Waals surface area contributed by atoms with Crippen molar-refractivity contribution in [2.24, 2.45) is 0 Å². The highest BCUT2D eigenvalue weighted by Crippen LogP contribution is 2.18. The summed E-state index contributed by atoms with van der Waals surface area (Å²) in [6.07, 6.45) is 0.0508. The Labute approximate surface area is 163 Å². The molecule has 0 bridgehead atoms. The van der Waals surface area contributed by atoms with Gasteiger partial charge in [0, 0.05) is 11.3 Å². The molecule has 0 saturated heterocycles. The molecule has 0 fully saturated rings. The highest BCUT2D eigenvalue weighted by Gasteiger charge is 2.15. The first-order valence-electron chi connectivity index (χ1n) is 8.88. The van der Waals surface area contributed by atoms with Crippen LogP contribution in [-0.4, -0.2) is 24.3 Å². The number of ether oxygens (including phenoxy) is 1. The van der Waals surface area contributed by atoms with Crippen molar-refractivity contribution in [1.29, 1.82) is 0 Å². The normalized spacial score (nSPS) is 11.7. The zero-order valence-electron chi connectivity index (χ0n) is 16.1. The number of hydrogen-bond acceptors (Lipinski definition) is 5. The number of hydrogen-bond donors (Lipinski definition) is 1. The SMILES string of the molecule is Cc1ccc(C(=O)CCC(=O)OCC(=O)N[C@@H](C)c2ccc(C)c(C)c2)s1. The van der Waals surface area contributed by atoms with Gasteiger partial charge in [-0.15, -0.1) is 11.3 Å². The summed E-state index contributed by atoms with van der Waals surface area (Å²) in [6, 6.07) is 9.46. The van der Waals surface area contributed by atoms with Crippen LogP contribution in [0.15, 0.2) is 30.3 Å². The van der Waals surface area contributed by atoms with Gasteiger partial charge in [0.05, 0.1) is 17.3 Å². The molecule has 0 aliphatic rings. The van der Waals surface area contributed by atoms with Crippen molar-refractivity contribution >= 4 is 29.0 Å². The number of aryl methyl sites for hydroxylation is 3. The number of amides is 1. The van der Waals surface area contributed by atoms with Crippen LogP contribution in [-0.2, 0) is 14.3 Å². The average molecular weight is 388 g/mol. The van der Waals surface area contributed by atoms with Crippen molar-refractivity contribution in [2.75, 3.05) is 6.61 Å². The minimum atomic E-state index is -0.550. The monoisotopic (exact) mass is 387 g/mol. The van der Waals surface area contributed by atoms with Crippen LogP contribution in [0.3, 0.4) is 0 Å². The number of carbonyl (C=O) groups excluding carboxylic acids is 3. The lowest BCUT2D eigenvalue weighted by Crippen LogP contribution is -2.31. The van der Waals surface area contributed by atoms with Gasteiger partial charge in [-0.25, -0.2) is 0 Å². The first kappa shape index (κ1) is 20.8. The van der Waals surface area contributed by atoms with Gasteiger partial charge >= 0.3 is 5.97 Å². The Balaban J connectivity index is 1.73. The minimum Gasteiger partial charge on any atom is -0.456 e. The Kier molecular flexibility index (Phi) is 7.30. The number of ketones is 1. The van der Waals surface area contributed by atoms with Crippen LogP contribution in [0.5, 0.6) is 0 Å². The summed E-state index contributed by atoms with van der Waals surface area (Å²) in [5.74, 6) is -1.00. The molecule has 0 spiro atoms. The van der Waals surface area contributed by atoms with Crippen LogP contribution < -0.4 is 5.32 Å². The standard InChI is InChI=1S/C21H25NO4S/c1-13-5-7-17(11-14(13)2)16(4)22-20(24)12-26-21(25)10-8-18(23)19-9-6-15(3)27-19/h5-7,9,11,16H,8,10,12H2,1-4H3,(H,22,24)/t16-/m0/s1. The van der Waals surface area contributed by atoms with Gasteiger partial charge in [0.2, 0.25) is 0 Å². The van der Waals surface area contributed by atoms with E-state index in [4.69, 9.17) is 4.74 Å². The smallest absolute Gasteiger partial charge is 0.306 e. The Hall–Kier alpha value is -2.47. The lowest BCUT2D eigenvalue weighted by atomic mass is 10.0. The van der Waals surface area contributed by atoms with Crippen molar-refractivity contribution in [3.05, 3.63) is 56.8 Å². The second-order valence-corrected chi connectivity index (χ2v) is 7.91. The van der Waals surface area contributed by atoms with Gasteiger partial charge in [-0.1, -0.05) is 18.2 Å². The number of rotatable bonds is 8. The zero-order valence-corrected chi connectivity index (χ0v) is 16.9. The minimum absolute atomic E-state index is 0.0320. The predicted molar refractivity (Wildman–Crippen MR) is 106 cm³/mol. The van der Waals surface area contributed by atoms with Crippen molar-refractivity contribution < 1.29 is 19.1 Å². The van der Waals surface area contributed by atoms with Gasteiger partial charge < -0.3 is 10.1 Å². The van der Waals surface area contributed by atoms with Crippen LogP contribution in [0.2, 0.25) is 0 Å². The van der Waals surface area contributed by atoms with Gasteiger partial charge in [-0.05, 0) is 56.5 Å². The van der Waals surface area contributed by atoms with E-state index in [1.807, 2.05) is 52.0 Å². The van der Waals surface area contributed by atoms with E-state index in [2.05, 4.69) is 5.32 Å². The third-order valence-corrected chi connectivity index (χ3v) is 5.39. The molecule has 1 heterocycles. The highest BCUT2D eigenvalue weighted by atomic mass is 32.1. The molecular formula is C21H25NO4S. The van der Waals surface area contributed by atoms with Gasteiger partial charge in [0.15, 0.2) is 12.4 Å². The Morgan fingerprint density at radius 3 is 2.41 bits per heavy atom. The van der Waals surface area contributed by atoms with Gasteiger partial charge in [0.25, 0.3) is 5.91 Å². The van der Waals surface area contributed by atoms with E-state index in [-0.39, 0.29) is 37.2 Å². The maximum absolute atomic E-state index is 12.0. The van der Waals surface area contributed by atoms with Gasteiger partial charge in [0.1, 0.15) is 0 Å². The van der Waals surface area contributed by atoms with E-state index in [1.165, 1.54) is 16.9 Å².